The molecule has 0 aliphatic heterocycles. The molecule has 0 saturated carbocycles. The molecule has 4 heteroatoms. The van der Waals surface area contributed by atoms with Gasteiger partial charge in [-0.15, -0.1) is 0 Å². The molecule has 0 bridgehead atoms. The summed E-state index contributed by atoms with van der Waals surface area (Å²) in [7, 11) is 0. The Bertz CT molecular complexity index is 781. The van der Waals surface area contributed by atoms with Gasteiger partial charge in [-0.1, -0.05) is 48.0 Å². The van der Waals surface area contributed by atoms with Crippen LogP contribution >= 0.6 is 11.6 Å². The summed E-state index contributed by atoms with van der Waals surface area (Å²) >= 11 is 6.08. The van der Waals surface area contributed by atoms with Crippen molar-refractivity contribution in [1.82, 2.24) is 9.55 Å². The first-order valence-corrected chi connectivity index (χ1v) is 6.31. The molecule has 94 valence electrons. The number of fused-ring (bicyclic) bond motifs is 1. The van der Waals surface area contributed by atoms with E-state index in [-0.39, 0.29) is 5.56 Å². The van der Waals surface area contributed by atoms with Crippen LogP contribution in [0.5, 0.6) is 0 Å². The number of hydrogen-bond donors (Lipinski definition) is 0. The molecule has 0 amide bonds. The Morgan fingerprint density at radius 3 is 2.63 bits per heavy atom. The Balaban J connectivity index is 2.13. The predicted octanol–water partition coefficient (Wildman–Crippen LogP) is 3.10. The van der Waals surface area contributed by atoms with Gasteiger partial charge in [0.05, 0.1) is 28.8 Å². The van der Waals surface area contributed by atoms with Gasteiger partial charge in [0.15, 0.2) is 0 Å². The van der Waals surface area contributed by atoms with E-state index in [9.17, 15) is 4.79 Å². The van der Waals surface area contributed by atoms with Crippen LogP contribution in [0.2, 0.25) is 5.02 Å². The molecule has 0 fully saturated rings. The second kappa shape index (κ2) is 4.86. The van der Waals surface area contributed by atoms with Crippen molar-refractivity contribution < 1.29 is 0 Å². The average Bonchev–Trinajstić information content (AvgIpc) is 2.43. The smallest absolute Gasteiger partial charge is 0.263 e. The number of aromatic nitrogens is 2. The highest BCUT2D eigenvalue weighted by atomic mass is 35.5. The highest BCUT2D eigenvalue weighted by molar-refractivity contribution is 6.35. The summed E-state index contributed by atoms with van der Waals surface area (Å²) in [6.45, 7) is 0.494. The van der Waals surface area contributed by atoms with E-state index in [0.717, 1.165) is 5.56 Å². The van der Waals surface area contributed by atoms with Crippen molar-refractivity contribution in [2.24, 2.45) is 0 Å². The maximum atomic E-state index is 12.4. The minimum absolute atomic E-state index is 0.112. The molecular weight excluding hydrogens is 260 g/mol. The average molecular weight is 271 g/mol. The van der Waals surface area contributed by atoms with Crippen molar-refractivity contribution in [3.05, 3.63) is 75.8 Å². The molecular formula is C15H11ClN2O. The second-order valence-electron chi connectivity index (χ2n) is 4.30. The Morgan fingerprint density at radius 1 is 1.05 bits per heavy atom. The Hall–Kier alpha value is -2.13. The van der Waals surface area contributed by atoms with Crippen molar-refractivity contribution in [2.45, 2.75) is 6.54 Å². The van der Waals surface area contributed by atoms with Crippen molar-refractivity contribution in [1.29, 1.82) is 0 Å². The van der Waals surface area contributed by atoms with Gasteiger partial charge in [0, 0.05) is 0 Å². The number of halogens is 1. The van der Waals surface area contributed by atoms with Gasteiger partial charge in [0.2, 0.25) is 0 Å². The zero-order valence-corrected chi connectivity index (χ0v) is 10.8. The van der Waals surface area contributed by atoms with Crippen LogP contribution in [0.25, 0.3) is 10.9 Å². The molecule has 3 rings (SSSR count). The molecule has 3 nitrogen and oxygen atoms in total. The number of rotatable bonds is 2. The number of benzene rings is 2. The molecule has 0 saturated heterocycles. The Kier molecular flexibility index (Phi) is 3.05. The standard InChI is InChI=1S/C15H11ClN2O/c16-12-7-4-8-13-14(12)15(19)18(10-17-13)9-11-5-2-1-3-6-11/h1-8,10H,9H2. The van der Waals surface area contributed by atoms with Gasteiger partial charge in [-0.3, -0.25) is 9.36 Å². The Morgan fingerprint density at radius 2 is 1.84 bits per heavy atom. The lowest BCUT2D eigenvalue weighted by Gasteiger charge is -2.07. The normalized spacial score (nSPS) is 10.8. The van der Waals surface area contributed by atoms with Crippen molar-refractivity contribution in [2.75, 3.05) is 0 Å². The molecule has 1 aromatic heterocycles. The second-order valence-corrected chi connectivity index (χ2v) is 4.70. The van der Waals surface area contributed by atoms with Crippen LogP contribution in [-0.4, -0.2) is 9.55 Å². The van der Waals surface area contributed by atoms with E-state index in [0.29, 0.717) is 22.5 Å². The molecule has 0 unspecified atom stereocenters. The predicted molar refractivity (Wildman–Crippen MR) is 76.6 cm³/mol. The highest BCUT2D eigenvalue weighted by Crippen LogP contribution is 2.17. The number of hydrogen-bond acceptors (Lipinski definition) is 2. The summed E-state index contributed by atoms with van der Waals surface area (Å²) < 4.78 is 1.57. The third-order valence-corrected chi connectivity index (χ3v) is 3.31. The summed E-state index contributed by atoms with van der Waals surface area (Å²) in [6.07, 6.45) is 1.56. The van der Waals surface area contributed by atoms with Gasteiger partial charge in [-0.25, -0.2) is 4.98 Å². The molecule has 19 heavy (non-hydrogen) atoms. The molecule has 0 aliphatic rings. The largest absolute Gasteiger partial charge is 0.294 e. The lowest BCUT2D eigenvalue weighted by Crippen LogP contribution is -2.21. The fourth-order valence-corrected chi connectivity index (χ4v) is 2.30. The van der Waals surface area contributed by atoms with Gasteiger partial charge in [0.1, 0.15) is 0 Å². The van der Waals surface area contributed by atoms with Crippen LogP contribution in [0.1, 0.15) is 5.56 Å². The fourth-order valence-electron chi connectivity index (χ4n) is 2.05. The summed E-state index contributed by atoms with van der Waals surface area (Å²) in [5.41, 5.74) is 1.57. The van der Waals surface area contributed by atoms with Crippen molar-refractivity contribution >= 4 is 22.5 Å². The molecule has 0 N–H and O–H groups in total. The van der Waals surface area contributed by atoms with Gasteiger partial charge in [-0.05, 0) is 17.7 Å². The van der Waals surface area contributed by atoms with Crippen LogP contribution in [0.15, 0.2) is 59.7 Å². The van der Waals surface area contributed by atoms with Gasteiger partial charge < -0.3 is 0 Å². The van der Waals surface area contributed by atoms with Crippen LogP contribution in [-0.2, 0) is 6.54 Å². The minimum Gasteiger partial charge on any atom is -0.294 e. The quantitative estimate of drug-likeness (QED) is 0.717. The SMILES string of the molecule is O=c1c2c(Cl)cccc2ncn1Cc1ccccc1. The zero-order valence-electron chi connectivity index (χ0n) is 10.1. The monoisotopic (exact) mass is 270 g/mol. The van der Waals surface area contributed by atoms with Gasteiger partial charge in [0.25, 0.3) is 5.56 Å². The molecule has 1 heterocycles. The third-order valence-electron chi connectivity index (χ3n) is 3.00. The van der Waals surface area contributed by atoms with Gasteiger partial charge in [-0.2, -0.15) is 0 Å². The first-order chi connectivity index (χ1) is 9.25. The molecule has 2 aromatic carbocycles. The maximum Gasteiger partial charge on any atom is 0.263 e. The summed E-state index contributed by atoms with van der Waals surface area (Å²) in [5.74, 6) is 0. The Labute approximate surface area is 115 Å². The molecule has 0 aliphatic carbocycles. The maximum absolute atomic E-state index is 12.4. The van der Waals surface area contributed by atoms with E-state index in [2.05, 4.69) is 4.98 Å². The summed E-state index contributed by atoms with van der Waals surface area (Å²) in [4.78, 5) is 16.7. The number of nitrogens with zero attached hydrogens (tertiary/aromatic N) is 2. The van der Waals surface area contributed by atoms with Gasteiger partial charge >= 0.3 is 0 Å². The first-order valence-electron chi connectivity index (χ1n) is 5.93. The van der Waals surface area contributed by atoms with E-state index in [1.54, 1.807) is 29.1 Å². The van der Waals surface area contributed by atoms with Crippen molar-refractivity contribution in [3.8, 4) is 0 Å². The fraction of sp³-hybridized carbons (Fsp3) is 0.0667. The van der Waals surface area contributed by atoms with Crippen LogP contribution in [0.3, 0.4) is 0 Å². The van der Waals surface area contributed by atoms with E-state index in [4.69, 9.17) is 11.6 Å². The topological polar surface area (TPSA) is 34.9 Å². The molecule has 0 atom stereocenters. The first kappa shape index (κ1) is 11.9. The lowest BCUT2D eigenvalue weighted by molar-refractivity contribution is 0.748. The molecule has 0 radical (unpaired) electrons. The van der Waals surface area contributed by atoms with Crippen LogP contribution in [0, 0.1) is 0 Å². The van der Waals surface area contributed by atoms with Crippen molar-refractivity contribution in [3.63, 3.8) is 0 Å². The van der Waals surface area contributed by atoms with E-state index in [1.165, 1.54) is 0 Å². The zero-order chi connectivity index (χ0) is 13.2. The summed E-state index contributed by atoms with van der Waals surface area (Å²) in [6, 6.07) is 15.1. The molecule has 3 aromatic rings. The van der Waals surface area contributed by atoms with E-state index >= 15 is 0 Å². The van der Waals surface area contributed by atoms with Crippen LogP contribution < -0.4 is 5.56 Å². The lowest BCUT2D eigenvalue weighted by atomic mass is 10.2. The van der Waals surface area contributed by atoms with Crippen LogP contribution in [0.4, 0.5) is 0 Å². The van der Waals surface area contributed by atoms with E-state index < -0.39 is 0 Å². The minimum atomic E-state index is -0.112. The third kappa shape index (κ3) is 2.25. The van der Waals surface area contributed by atoms with E-state index in [1.807, 2.05) is 30.3 Å². The summed E-state index contributed by atoms with van der Waals surface area (Å²) in [5, 5.41) is 0.917. The molecule has 0 spiro atoms. The highest BCUT2D eigenvalue weighted by Gasteiger charge is 2.07.